The van der Waals surface area contributed by atoms with Crippen LogP contribution in [0.5, 0.6) is 0 Å². The van der Waals surface area contributed by atoms with Gasteiger partial charge in [-0.15, -0.1) is 0 Å². The lowest BCUT2D eigenvalue weighted by molar-refractivity contribution is 0.544. The largest absolute Gasteiger partial charge is 0.268 e. The van der Waals surface area contributed by atoms with Gasteiger partial charge >= 0.3 is 0 Å². The minimum absolute atomic E-state index is 0.764. The van der Waals surface area contributed by atoms with Gasteiger partial charge in [-0.1, -0.05) is 34.0 Å². The highest BCUT2D eigenvalue weighted by Crippen LogP contribution is 2.13. The number of aryl methyl sites for hydroxylation is 1. The molecule has 0 spiro atoms. The van der Waals surface area contributed by atoms with Crippen LogP contribution in [-0.4, -0.2) is 15.1 Å². The van der Waals surface area contributed by atoms with Crippen LogP contribution < -0.4 is 0 Å². The standard InChI is InChI=1S/C9H14BrClN2/c1-8-9(11)7-12-13(8)6-4-2-3-5-10/h7H,2-6H2,1H3. The van der Waals surface area contributed by atoms with Crippen molar-refractivity contribution in [3.63, 3.8) is 0 Å². The van der Waals surface area contributed by atoms with E-state index in [1.807, 2.05) is 11.6 Å². The van der Waals surface area contributed by atoms with Crippen molar-refractivity contribution in [3.05, 3.63) is 16.9 Å². The van der Waals surface area contributed by atoms with E-state index >= 15 is 0 Å². The van der Waals surface area contributed by atoms with Crippen LogP contribution in [0.3, 0.4) is 0 Å². The highest BCUT2D eigenvalue weighted by molar-refractivity contribution is 9.09. The summed E-state index contributed by atoms with van der Waals surface area (Å²) in [6.07, 6.45) is 5.35. The average Bonchev–Trinajstić information content (AvgIpc) is 2.43. The molecule has 1 aromatic heterocycles. The van der Waals surface area contributed by atoms with Crippen molar-refractivity contribution < 1.29 is 0 Å². The number of hydrogen-bond acceptors (Lipinski definition) is 1. The van der Waals surface area contributed by atoms with Gasteiger partial charge in [-0.3, -0.25) is 4.68 Å². The molecule has 2 nitrogen and oxygen atoms in total. The lowest BCUT2D eigenvalue weighted by atomic mass is 10.2. The van der Waals surface area contributed by atoms with E-state index in [0.29, 0.717) is 0 Å². The van der Waals surface area contributed by atoms with Crippen LogP contribution in [-0.2, 0) is 6.54 Å². The number of hydrogen-bond donors (Lipinski definition) is 0. The molecule has 13 heavy (non-hydrogen) atoms. The number of alkyl halides is 1. The minimum Gasteiger partial charge on any atom is -0.268 e. The van der Waals surface area contributed by atoms with Crippen molar-refractivity contribution in [2.24, 2.45) is 0 Å². The second kappa shape index (κ2) is 5.66. The van der Waals surface area contributed by atoms with E-state index in [1.54, 1.807) is 6.20 Å². The van der Waals surface area contributed by atoms with Crippen LogP contribution in [0, 0.1) is 6.92 Å². The molecule has 0 saturated carbocycles. The topological polar surface area (TPSA) is 17.8 Å². The second-order valence-electron chi connectivity index (χ2n) is 3.05. The van der Waals surface area contributed by atoms with Gasteiger partial charge in [0.15, 0.2) is 0 Å². The third-order valence-corrected chi connectivity index (χ3v) is 2.98. The van der Waals surface area contributed by atoms with E-state index < -0.39 is 0 Å². The number of aromatic nitrogens is 2. The first-order valence-corrected chi connectivity index (χ1v) is 5.99. The summed E-state index contributed by atoms with van der Waals surface area (Å²) in [4.78, 5) is 0. The Morgan fingerprint density at radius 3 is 2.77 bits per heavy atom. The average molecular weight is 266 g/mol. The molecule has 0 aliphatic heterocycles. The summed E-state index contributed by atoms with van der Waals surface area (Å²) in [6, 6.07) is 0. The maximum atomic E-state index is 5.88. The molecule has 0 aliphatic carbocycles. The van der Waals surface area contributed by atoms with E-state index in [-0.39, 0.29) is 0 Å². The summed E-state index contributed by atoms with van der Waals surface area (Å²) in [7, 11) is 0. The smallest absolute Gasteiger partial charge is 0.0814 e. The van der Waals surface area contributed by atoms with Crippen LogP contribution in [0.1, 0.15) is 25.0 Å². The lowest BCUT2D eigenvalue weighted by Gasteiger charge is -2.03. The van der Waals surface area contributed by atoms with Crippen molar-refractivity contribution in [1.82, 2.24) is 9.78 Å². The summed E-state index contributed by atoms with van der Waals surface area (Å²) in [5.74, 6) is 0. The van der Waals surface area contributed by atoms with E-state index in [0.717, 1.165) is 22.6 Å². The Morgan fingerprint density at radius 2 is 2.23 bits per heavy atom. The predicted molar refractivity (Wildman–Crippen MR) is 59.6 cm³/mol. The lowest BCUT2D eigenvalue weighted by Crippen LogP contribution is -2.02. The predicted octanol–water partition coefficient (Wildman–Crippen LogP) is 3.41. The molecular formula is C9H14BrClN2. The van der Waals surface area contributed by atoms with Gasteiger partial charge in [0.2, 0.25) is 0 Å². The molecule has 0 aromatic carbocycles. The Labute approximate surface area is 92.4 Å². The van der Waals surface area contributed by atoms with Crippen LogP contribution in [0.4, 0.5) is 0 Å². The van der Waals surface area contributed by atoms with Gasteiger partial charge in [-0.05, 0) is 19.8 Å². The normalized spacial score (nSPS) is 10.7. The summed E-state index contributed by atoms with van der Waals surface area (Å²) in [5, 5.41) is 6.04. The fourth-order valence-corrected chi connectivity index (χ4v) is 1.72. The van der Waals surface area contributed by atoms with Crippen LogP contribution in [0.2, 0.25) is 5.02 Å². The molecule has 1 rings (SSSR count). The highest BCUT2D eigenvalue weighted by atomic mass is 79.9. The maximum Gasteiger partial charge on any atom is 0.0814 e. The number of unbranched alkanes of at least 4 members (excludes halogenated alkanes) is 2. The first-order chi connectivity index (χ1) is 6.25. The fourth-order valence-electron chi connectivity index (χ4n) is 1.18. The van der Waals surface area contributed by atoms with Crippen molar-refractivity contribution in [2.75, 3.05) is 5.33 Å². The monoisotopic (exact) mass is 264 g/mol. The molecule has 1 heterocycles. The first-order valence-electron chi connectivity index (χ1n) is 4.49. The maximum absolute atomic E-state index is 5.88. The second-order valence-corrected chi connectivity index (χ2v) is 4.25. The molecule has 0 bridgehead atoms. The van der Waals surface area contributed by atoms with Crippen LogP contribution in [0.25, 0.3) is 0 Å². The zero-order chi connectivity index (χ0) is 9.68. The molecular weight excluding hydrogens is 251 g/mol. The Kier molecular flexibility index (Phi) is 4.81. The molecule has 0 N–H and O–H groups in total. The molecule has 4 heteroatoms. The molecule has 0 unspecified atom stereocenters. The van der Waals surface area contributed by atoms with Crippen LogP contribution >= 0.6 is 27.5 Å². The highest BCUT2D eigenvalue weighted by Gasteiger charge is 2.02. The summed E-state index contributed by atoms with van der Waals surface area (Å²) in [6.45, 7) is 2.98. The zero-order valence-electron chi connectivity index (χ0n) is 7.76. The Bertz CT molecular complexity index is 260. The van der Waals surface area contributed by atoms with Crippen molar-refractivity contribution in [1.29, 1.82) is 0 Å². The first kappa shape index (κ1) is 11.1. The molecule has 0 saturated heterocycles. The quantitative estimate of drug-likeness (QED) is 0.589. The third-order valence-electron chi connectivity index (χ3n) is 2.05. The summed E-state index contributed by atoms with van der Waals surface area (Å²) < 4.78 is 1.97. The van der Waals surface area contributed by atoms with Crippen molar-refractivity contribution in [2.45, 2.75) is 32.7 Å². The van der Waals surface area contributed by atoms with E-state index in [1.165, 1.54) is 19.3 Å². The van der Waals surface area contributed by atoms with E-state index in [4.69, 9.17) is 11.6 Å². The molecule has 74 valence electrons. The van der Waals surface area contributed by atoms with Gasteiger partial charge in [0.1, 0.15) is 0 Å². The fraction of sp³-hybridized carbons (Fsp3) is 0.667. The minimum atomic E-state index is 0.764. The number of halogens is 2. The van der Waals surface area contributed by atoms with Gasteiger partial charge in [-0.2, -0.15) is 5.10 Å². The Morgan fingerprint density at radius 1 is 1.46 bits per heavy atom. The Hall–Kier alpha value is -0.0200. The van der Waals surface area contributed by atoms with Gasteiger partial charge in [0.05, 0.1) is 16.9 Å². The van der Waals surface area contributed by atoms with Gasteiger partial charge in [0.25, 0.3) is 0 Å². The SMILES string of the molecule is Cc1c(Cl)cnn1CCCCCBr. The van der Waals surface area contributed by atoms with Gasteiger partial charge < -0.3 is 0 Å². The van der Waals surface area contributed by atoms with Gasteiger partial charge in [0, 0.05) is 11.9 Å². The zero-order valence-corrected chi connectivity index (χ0v) is 10.1. The number of nitrogens with zero attached hydrogens (tertiary/aromatic N) is 2. The van der Waals surface area contributed by atoms with Crippen LogP contribution in [0.15, 0.2) is 6.20 Å². The van der Waals surface area contributed by atoms with E-state index in [2.05, 4.69) is 21.0 Å². The molecule has 0 atom stereocenters. The summed E-state index contributed by atoms with van der Waals surface area (Å²) in [5.41, 5.74) is 1.07. The van der Waals surface area contributed by atoms with Crippen molar-refractivity contribution in [3.8, 4) is 0 Å². The molecule has 0 aliphatic rings. The van der Waals surface area contributed by atoms with Crippen molar-refractivity contribution >= 4 is 27.5 Å². The molecule has 0 fully saturated rings. The van der Waals surface area contributed by atoms with Gasteiger partial charge in [-0.25, -0.2) is 0 Å². The molecule has 1 aromatic rings. The molecule has 0 amide bonds. The number of rotatable bonds is 5. The molecule has 0 radical (unpaired) electrons. The summed E-state index contributed by atoms with van der Waals surface area (Å²) >= 11 is 9.29. The third kappa shape index (κ3) is 3.31. The van der Waals surface area contributed by atoms with E-state index in [9.17, 15) is 0 Å². The Balaban J connectivity index is 2.32.